The molecule has 0 aliphatic heterocycles. The standard InChI is InChI=1S/C24H32O6/c1-16(2)7-5-8-17(3)9-6-10-18(4)13-14-30-22(27)15-21(26)19-11-12-20(25)24(29)23(19)28/h7,9,11-13,15,25-26,28-29H,5-6,8,10,14H2,1-4H3/b17-9+,18-13+,21-15-. The summed E-state index contributed by atoms with van der Waals surface area (Å²) in [4.78, 5) is 11.8. The van der Waals surface area contributed by atoms with Crippen LogP contribution in [0.4, 0.5) is 0 Å². The van der Waals surface area contributed by atoms with Crippen molar-refractivity contribution in [1.29, 1.82) is 0 Å². The maximum absolute atomic E-state index is 11.8. The first-order valence-electron chi connectivity index (χ1n) is 9.88. The van der Waals surface area contributed by atoms with Gasteiger partial charge >= 0.3 is 5.97 Å². The molecule has 0 bridgehead atoms. The number of aromatic hydroxyl groups is 3. The van der Waals surface area contributed by atoms with Crippen LogP contribution in [0.15, 0.2) is 53.2 Å². The molecule has 1 aromatic carbocycles. The maximum atomic E-state index is 11.8. The van der Waals surface area contributed by atoms with Crippen LogP contribution in [0.5, 0.6) is 17.2 Å². The number of aliphatic hydroxyl groups excluding tert-OH is 1. The topological polar surface area (TPSA) is 107 Å². The summed E-state index contributed by atoms with van der Waals surface area (Å²) in [5.41, 5.74) is 3.58. The molecule has 30 heavy (non-hydrogen) atoms. The molecule has 0 unspecified atom stereocenters. The van der Waals surface area contributed by atoms with E-state index >= 15 is 0 Å². The van der Waals surface area contributed by atoms with Gasteiger partial charge in [-0.05, 0) is 71.6 Å². The number of hydrogen-bond donors (Lipinski definition) is 4. The summed E-state index contributed by atoms with van der Waals surface area (Å²) < 4.78 is 5.03. The minimum atomic E-state index is -0.793. The van der Waals surface area contributed by atoms with Crippen molar-refractivity contribution in [3.05, 3.63) is 58.7 Å². The summed E-state index contributed by atoms with van der Waals surface area (Å²) in [5.74, 6) is -3.41. The van der Waals surface area contributed by atoms with E-state index < -0.39 is 29.0 Å². The first kappa shape index (κ1) is 24.9. The lowest BCUT2D eigenvalue weighted by atomic mass is 10.1. The van der Waals surface area contributed by atoms with Gasteiger partial charge in [0, 0.05) is 0 Å². The van der Waals surface area contributed by atoms with Crippen molar-refractivity contribution in [3.8, 4) is 17.2 Å². The van der Waals surface area contributed by atoms with Crippen LogP contribution in [-0.4, -0.2) is 33.0 Å². The van der Waals surface area contributed by atoms with E-state index in [1.807, 2.05) is 6.92 Å². The molecular weight excluding hydrogens is 384 g/mol. The van der Waals surface area contributed by atoms with Gasteiger partial charge in [-0.1, -0.05) is 28.9 Å². The SMILES string of the molecule is CC(C)=CCC/C(C)=C/CC/C(C)=C/COC(=O)/C=C(\O)c1ccc(O)c(O)c1O. The molecule has 0 spiro atoms. The molecule has 0 saturated heterocycles. The number of phenolic OH excluding ortho intramolecular Hbond substituents is 3. The minimum absolute atomic E-state index is 0.0600. The van der Waals surface area contributed by atoms with E-state index in [1.54, 1.807) is 6.08 Å². The van der Waals surface area contributed by atoms with E-state index in [-0.39, 0.29) is 12.2 Å². The molecule has 4 N–H and O–H groups in total. The Kier molecular flexibility index (Phi) is 10.3. The molecule has 0 aliphatic carbocycles. The lowest BCUT2D eigenvalue weighted by molar-refractivity contribution is -0.136. The molecule has 0 heterocycles. The fourth-order valence-corrected chi connectivity index (χ4v) is 2.61. The number of esters is 1. The van der Waals surface area contributed by atoms with Crippen LogP contribution in [0.3, 0.4) is 0 Å². The Balaban J connectivity index is 2.49. The summed E-state index contributed by atoms with van der Waals surface area (Å²) in [5, 5.41) is 38.4. The third-order valence-corrected chi connectivity index (χ3v) is 4.44. The molecule has 6 heteroatoms. The number of ether oxygens (including phenoxy) is 1. The smallest absolute Gasteiger partial charge is 0.334 e. The molecule has 0 atom stereocenters. The van der Waals surface area contributed by atoms with Gasteiger partial charge in [0.05, 0.1) is 11.6 Å². The first-order valence-corrected chi connectivity index (χ1v) is 9.88. The van der Waals surface area contributed by atoms with Crippen molar-refractivity contribution in [2.24, 2.45) is 0 Å². The van der Waals surface area contributed by atoms with Gasteiger partial charge in [-0.3, -0.25) is 0 Å². The van der Waals surface area contributed by atoms with E-state index in [0.717, 1.165) is 43.4 Å². The van der Waals surface area contributed by atoms with Crippen LogP contribution in [-0.2, 0) is 9.53 Å². The number of hydrogen-bond acceptors (Lipinski definition) is 6. The van der Waals surface area contributed by atoms with Gasteiger partial charge in [-0.25, -0.2) is 4.79 Å². The summed E-state index contributed by atoms with van der Waals surface area (Å²) in [7, 11) is 0. The van der Waals surface area contributed by atoms with Gasteiger partial charge < -0.3 is 25.2 Å². The molecule has 0 fully saturated rings. The Morgan fingerprint density at radius 3 is 2.13 bits per heavy atom. The van der Waals surface area contributed by atoms with Gasteiger partial charge in [0.2, 0.25) is 5.75 Å². The fourth-order valence-electron chi connectivity index (χ4n) is 2.61. The van der Waals surface area contributed by atoms with Crippen molar-refractivity contribution in [2.75, 3.05) is 6.61 Å². The Labute approximate surface area is 178 Å². The van der Waals surface area contributed by atoms with Gasteiger partial charge in [-0.15, -0.1) is 0 Å². The van der Waals surface area contributed by atoms with Crippen LogP contribution < -0.4 is 0 Å². The van der Waals surface area contributed by atoms with Crippen molar-refractivity contribution in [2.45, 2.75) is 53.4 Å². The summed E-state index contributed by atoms with van der Waals surface area (Å²) >= 11 is 0. The maximum Gasteiger partial charge on any atom is 0.334 e. The fraction of sp³-hybridized carbons (Fsp3) is 0.375. The van der Waals surface area contributed by atoms with Gasteiger partial charge in [0.15, 0.2) is 11.5 Å². The zero-order valence-electron chi connectivity index (χ0n) is 18.1. The van der Waals surface area contributed by atoms with E-state index in [2.05, 4.69) is 32.9 Å². The zero-order chi connectivity index (χ0) is 22.7. The molecule has 0 aliphatic rings. The molecule has 164 valence electrons. The predicted octanol–water partition coefficient (Wildman–Crippen LogP) is 5.66. The van der Waals surface area contributed by atoms with Crippen LogP contribution >= 0.6 is 0 Å². The van der Waals surface area contributed by atoms with Gasteiger partial charge in [0.1, 0.15) is 12.4 Å². The molecule has 0 aromatic heterocycles. The number of carbonyl (C=O) groups excluding carboxylic acids is 1. The Bertz CT molecular complexity index is 855. The van der Waals surface area contributed by atoms with Crippen LogP contribution in [0, 0.1) is 0 Å². The number of phenols is 3. The van der Waals surface area contributed by atoms with Crippen molar-refractivity contribution < 1.29 is 30.0 Å². The summed E-state index contributed by atoms with van der Waals surface area (Å²) in [6.07, 6.45) is 10.9. The molecule has 0 amide bonds. The number of aliphatic hydroxyl groups is 1. The quantitative estimate of drug-likeness (QED) is 0.129. The number of rotatable bonds is 10. The highest BCUT2D eigenvalue weighted by atomic mass is 16.5. The lowest BCUT2D eigenvalue weighted by Gasteiger charge is -2.07. The van der Waals surface area contributed by atoms with E-state index in [0.29, 0.717) is 0 Å². The molecule has 1 rings (SSSR count). The molecular formula is C24H32O6. The van der Waals surface area contributed by atoms with E-state index in [9.17, 15) is 25.2 Å². The number of benzene rings is 1. The van der Waals surface area contributed by atoms with Crippen molar-refractivity contribution >= 4 is 11.7 Å². The highest BCUT2D eigenvalue weighted by Crippen LogP contribution is 2.39. The monoisotopic (exact) mass is 416 g/mol. The first-order chi connectivity index (χ1) is 14.1. The minimum Gasteiger partial charge on any atom is -0.507 e. The molecule has 1 aromatic rings. The Morgan fingerprint density at radius 1 is 0.900 bits per heavy atom. The lowest BCUT2D eigenvalue weighted by Crippen LogP contribution is -2.02. The van der Waals surface area contributed by atoms with E-state index in [4.69, 9.17) is 4.74 Å². The highest BCUT2D eigenvalue weighted by Gasteiger charge is 2.15. The summed E-state index contributed by atoms with van der Waals surface area (Å²) in [6.45, 7) is 8.35. The molecule has 0 saturated carbocycles. The largest absolute Gasteiger partial charge is 0.507 e. The Hall–Kier alpha value is -3.15. The predicted molar refractivity (Wildman–Crippen MR) is 118 cm³/mol. The zero-order valence-corrected chi connectivity index (χ0v) is 18.1. The average Bonchev–Trinajstić information content (AvgIpc) is 2.65. The third kappa shape index (κ3) is 8.90. The summed E-state index contributed by atoms with van der Waals surface area (Å²) in [6, 6.07) is 2.26. The normalized spacial score (nSPS) is 12.6. The van der Waals surface area contributed by atoms with Gasteiger partial charge in [0.25, 0.3) is 0 Å². The molecule has 6 nitrogen and oxygen atoms in total. The van der Waals surface area contributed by atoms with Crippen LogP contribution in [0.2, 0.25) is 0 Å². The average molecular weight is 417 g/mol. The van der Waals surface area contributed by atoms with Gasteiger partial charge in [-0.2, -0.15) is 0 Å². The third-order valence-electron chi connectivity index (χ3n) is 4.44. The second-order valence-electron chi connectivity index (χ2n) is 7.45. The second-order valence-corrected chi connectivity index (χ2v) is 7.45. The van der Waals surface area contributed by atoms with Crippen molar-refractivity contribution in [3.63, 3.8) is 0 Å². The van der Waals surface area contributed by atoms with E-state index in [1.165, 1.54) is 17.2 Å². The van der Waals surface area contributed by atoms with Crippen molar-refractivity contribution in [1.82, 2.24) is 0 Å². The second kappa shape index (κ2) is 12.4. The highest BCUT2D eigenvalue weighted by molar-refractivity contribution is 5.90. The number of allylic oxidation sites excluding steroid dienone is 5. The van der Waals surface area contributed by atoms with Crippen LogP contribution in [0.25, 0.3) is 5.76 Å². The Morgan fingerprint density at radius 2 is 1.50 bits per heavy atom. The van der Waals surface area contributed by atoms with Crippen LogP contribution in [0.1, 0.15) is 58.9 Å². The number of carbonyl (C=O) groups is 1. The molecule has 0 radical (unpaired) electrons.